The average molecular weight is 279 g/mol. The van der Waals surface area contributed by atoms with E-state index in [2.05, 4.69) is 35.3 Å². The molecule has 0 saturated heterocycles. The third-order valence-corrected chi connectivity index (χ3v) is 3.41. The van der Waals surface area contributed by atoms with Crippen molar-refractivity contribution in [3.8, 4) is 5.82 Å². The van der Waals surface area contributed by atoms with E-state index in [1.165, 1.54) is 0 Å². The third-order valence-electron chi connectivity index (χ3n) is 3.04. The molecule has 102 valence electrons. The van der Waals surface area contributed by atoms with Crippen LogP contribution in [0.1, 0.15) is 37.6 Å². The zero-order valence-electron chi connectivity index (χ0n) is 11.5. The van der Waals surface area contributed by atoms with Gasteiger partial charge < -0.3 is 5.32 Å². The Morgan fingerprint density at radius 3 is 2.89 bits per heavy atom. The topological polar surface area (TPSA) is 42.7 Å². The van der Waals surface area contributed by atoms with Gasteiger partial charge in [0.05, 0.1) is 16.9 Å². The quantitative estimate of drug-likeness (QED) is 0.913. The largest absolute Gasteiger partial charge is 0.310 e. The molecule has 0 bridgehead atoms. The van der Waals surface area contributed by atoms with Gasteiger partial charge in [-0.05, 0) is 32.9 Å². The van der Waals surface area contributed by atoms with Crippen LogP contribution in [0.5, 0.6) is 0 Å². The number of aromatic nitrogens is 3. The predicted molar refractivity (Wildman–Crippen MR) is 77.8 cm³/mol. The lowest BCUT2D eigenvalue weighted by atomic mass is 10.1. The number of hydrogen-bond acceptors (Lipinski definition) is 3. The molecular formula is C14H19ClN4. The molecule has 2 aromatic rings. The van der Waals surface area contributed by atoms with E-state index in [0.717, 1.165) is 30.0 Å². The van der Waals surface area contributed by atoms with Crippen LogP contribution in [0.15, 0.2) is 24.5 Å². The lowest BCUT2D eigenvalue weighted by Crippen LogP contribution is -2.21. The number of halogens is 1. The Hall–Kier alpha value is -1.39. The Balaban J connectivity index is 2.35. The highest BCUT2D eigenvalue weighted by Crippen LogP contribution is 2.21. The first-order chi connectivity index (χ1) is 9.13. The molecule has 1 atom stereocenters. The van der Waals surface area contributed by atoms with E-state index in [9.17, 15) is 0 Å². The number of hydrogen-bond donors (Lipinski definition) is 1. The van der Waals surface area contributed by atoms with E-state index in [0.29, 0.717) is 5.02 Å². The van der Waals surface area contributed by atoms with Crippen LogP contribution >= 0.6 is 11.6 Å². The Kier molecular flexibility index (Phi) is 4.56. The Labute approximate surface area is 118 Å². The highest BCUT2D eigenvalue weighted by atomic mass is 35.5. The first kappa shape index (κ1) is 14.0. The molecule has 5 heteroatoms. The summed E-state index contributed by atoms with van der Waals surface area (Å²) in [6.45, 7) is 7.16. The standard InChI is InChI=1S/C14H19ClN4/c1-4-7-16-10(2)12-6-5-8-17-14(12)19-9-13(15)11(3)18-19/h5-6,8-10,16H,4,7H2,1-3H3. The van der Waals surface area contributed by atoms with E-state index in [-0.39, 0.29) is 6.04 Å². The van der Waals surface area contributed by atoms with Crippen LogP contribution < -0.4 is 5.32 Å². The van der Waals surface area contributed by atoms with Gasteiger partial charge in [-0.2, -0.15) is 5.10 Å². The summed E-state index contributed by atoms with van der Waals surface area (Å²) in [5, 5.41) is 8.52. The number of aryl methyl sites for hydroxylation is 1. The molecule has 0 aliphatic carbocycles. The van der Waals surface area contributed by atoms with Gasteiger partial charge >= 0.3 is 0 Å². The Bertz CT molecular complexity index is 531. The first-order valence-electron chi connectivity index (χ1n) is 6.54. The normalized spacial score (nSPS) is 12.6. The molecule has 1 unspecified atom stereocenters. The second kappa shape index (κ2) is 6.17. The molecular weight excluding hydrogens is 260 g/mol. The van der Waals surface area contributed by atoms with Gasteiger partial charge in [-0.1, -0.05) is 24.6 Å². The second-order valence-corrected chi connectivity index (χ2v) is 5.01. The summed E-state index contributed by atoms with van der Waals surface area (Å²) in [5.74, 6) is 0.827. The molecule has 1 N–H and O–H groups in total. The summed E-state index contributed by atoms with van der Waals surface area (Å²) < 4.78 is 1.75. The molecule has 0 saturated carbocycles. The van der Waals surface area contributed by atoms with Gasteiger partial charge in [-0.3, -0.25) is 0 Å². The lowest BCUT2D eigenvalue weighted by Gasteiger charge is -2.16. The average Bonchev–Trinajstić information content (AvgIpc) is 2.76. The van der Waals surface area contributed by atoms with E-state index in [1.54, 1.807) is 17.1 Å². The van der Waals surface area contributed by atoms with E-state index in [1.807, 2.05) is 13.0 Å². The monoisotopic (exact) mass is 278 g/mol. The highest BCUT2D eigenvalue weighted by molar-refractivity contribution is 6.31. The van der Waals surface area contributed by atoms with Crippen molar-refractivity contribution in [2.75, 3.05) is 6.54 Å². The molecule has 0 aromatic carbocycles. The van der Waals surface area contributed by atoms with Gasteiger partial charge in [0, 0.05) is 17.8 Å². The van der Waals surface area contributed by atoms with E-state index < -0.39 is 0 Å². The maximum absolute atomic E-state index is 6.07. The molecule has 0 fully saturated rings. The minimum Gasteiger partial charge on any atom is -0.310 e. The van der Waals surface area contributed by atoms with Crippen molar-refractivity contribution in [3.05, 3.63) is 40.8 Å². The van der Waals surface area contributed by atoms with Crippen LogP contribution in [0, 0.1) is 6.92 Å². The fourth-order valence-electron chi connectivity index (χ4n) is 1.96. The van der Waals surface area contributed by atoms with Crippen LogP contribution in [-0.2, 0) is 0 Å². The summed E-state index contributed by atoms with van der Waals surface area (Å²) in [4.78, 5) is 4.43. The summed E-state index contributed by atoms with van der Waals surface area (Å²) >= 11 is 6.07. The van der Waals surface area contributed by atoms with Crippen LogP contribution in [0.3, 0.4) is 0 Å². The Morgan fingerprint density at radius 1 is 1.47 bits per heavy atom. The fraction of sp³-hybridized carbons (Fsp3) is 0.429. The van der Waals surface area contributed by atoms with E-state index in [4.69, 9.17) is 11.6 Å². The highest BCUT2D eigenvalue weighted by Gasteiger charge is 2.14. The zero-order chi connectivity index (χ0) is 13.8. The molecule has 2 rings (SSSR count). The van der Waals surface area contributed by atoms with Crippen LogP contribution in [-0.4, -0.2) is 21.3 Å². The molecule has 4 nitrogen and oxygen atoms in total. The van der Waals surface area contributed by atoms with Gasteiger partial charge in [0.15, 0.2) is 5.82 Å². The van der Waals surface area contributed by atoms with Gasteiger partial charge in [0.1, 0.15) is 0 Å². The van der Waals surface area contributed by atoms with Crippen molar-refractivity contribution in [2.45, 2.75) is 33.2 Å². The number of pyridine rings is 1. The second-order valence-electron chi connectivity index (χ2n) is 4.60. The number of nitrogens with one attached hydrogen (secondary N) is 1. The van der Waals surface area contributed by atoms with Gasteiger partial charge in [-0.15, -0.1) is 0 Å². The van der Waals surface area contributed by atoms with Gasteiger partial charge in [0.2, 0.25) is 0 Å². The summed E-state index contributed by atoms with van der Waals surface area (Å²) in [6, 6.07) is 4.24. The molecule has 2 heterocycles. The maximum Gasteiger partial charge on any atom is 0.158 e. The molecule has 0 radical (unpaired) electrons. The SMILES string of the molecule is CCCNC(C)c1cccnc1-n1cc(Cl)c(C)n1. The third kappa shape index (κ3) is 3.14. The molecule has 0 aliphatic heterocycles. The van der Waals surface area contributed by atoms with Crippen molar-refractivity contribution in [1.82, 2.24) is 20.1 Å². The van der Waals surface area contributed by atoms with Gasteiger partial charge in [0.25, 0.3) is 0 Å². The smallest absolute Gasteiger partial charge is 0.158 e. The summed E-state index contributed by atoms with van der Waals surface area (Å²) in [5.41, 5.74) is 1.93. The fourth-order valence-corrected chi connectivity index (χ4v) is 2.09. The maximum atomic E-state index is 6.07. The molecule has 2 aromatic heterocycles. The first-order valence-corrected chi connectivity index (χ1v) is 6.91. The van der Waals surface area contributed by atoms with Crippen LogP contribution in [0.2, 0.25) is 5.02 Å². The Morgan fingerprint density at radius 2 is 2.26 bits per heavy atom. The van der Waals surface area contributed by atoms with Crippen LogP contribution in [0.25, 0.3) is 5.82 Å². The molecule has 0 amide bonds. The van der Waals surface area contributed by atoms with Crippen molar-refractivity contribution >= 4 is 11.6 Å². The van der Waals surface area contributed by atoms with Crippen molar-refractivity contribution in [1.29, 1.82) is 0 Å². The molecule has 0 aliphatic rings. The van der Waals surface area contributed by atoms with E-state index >= 15 is 0 Å². The van der Waals surface area contributed by atoms with Crippen LogP contribution in [0.4, 0.5) is 0 Å². The lowest BCUT2D eigenvalue weighted by molar-refractivity contribution is 0.564. The molecule has 19 heavy (non-hydrogen) atoms. The van der Waals surface area contributed by atoms with Crippen molar-refractivity contribution < 1.29 is 0 Å². The minimum absolute atomic E-state index is 0.229. The predicted octanol–water partition coefficient (Wildman–Crippen LogP) is 3.29. The van der Waals surface area contributed by atoms with Gasteiger partial charge in [-0.25, -0.2) is 9.67 Å². The van der Waals surface area contributed by atoms with Crippen molar-refractivity contribution in [2.24, 2.45) is 0 Å². The summed E-state index contributed by atoms with van der Waals surface area (Å²) in [6.07, 6.45) is 4.68. The number of rotatable bonds is 5. The zero-order valence-corrected chi connectivity index (χ0v) is 12.3. The minimum atomic E-state index is 0.229. The number of nitrogens with zero attached hydrogens (tertiary/aromatic N) is 3. The van der Waals surface area contributed by atoms with Crippen molar-refractivity contribution in [3.63, 3.8) is 0 Å². The molecule has 0 spiro atoms. The summed E-state index contributed by atoms with van der Waals surface area (Å²) in [7, 11) is 0.